The quantitative estimate of drug-likeness (QED) is 0.852. The standard InChI is InChI=1S/C18H24N2O2/c1-4-20(5-2)16(15-10-8-14(3)9-11-15)13-19-18(21)17-7-6-12-22-17/h6-12,16H,4-5,13H2,1-3H3,(H,19,21). The Morgan fingerprint density at radius 2 is 1.86 bits per heavy atom. The third kappa shape index (κ3) is 3.98. The number of carbonyl (C=O) groups is 1. The number of amides is 1. The number of rotatable bonds is 7. The minimum atomic E-state index is -0.172. The van der Waals surface area contributed by atoms with Gasteiger partial charge in [-0.1, -0.05) is 43.7 Å². The molecule has 2 aromatic rings. The second-order valence-corrected chi connectivity index (χ2v) is 5.34. The first kappa shape index (κ1) is 16.3. The Hall–Kier alpha value is -2.07. The van der Waals surface area contributed by atoms with Gasteiger partial charge in [0, 0.05) is 6.54 Å². The lowest BCUT2D eigenvalue weighted by Gasteiger charge is -2.30. The van der Waals surface area contributed by atoms with Crippen LogP contribution in [-0.2, 0) is 0 Å². The van der Waals surface area contributed by atoms with E-state index in [1.165, 1.54) is 17.4 Å². The van der Waals surface area contributed by atoms with E-state index in [2.05, 4.69) is 55.3 Å². The fourth-order valence-corrected chi connectivity index (χ4v) is 2.59. The van der Waals surface area contributed by atoms with Crippen LogP contribution in [0.15, 0.2) is 47.1 Å². The molecule has 0 fully saturated rings. The monoisotopic (exact) mass is 300 g/mol. The van der Waals surface area contributed by atoms with Crippen LogP contribution in [0.5, 0.6) is 0 Å². The van der Waals surface area contributed by atoms with Crippen LogP contribution in [0.1, 0.15) is 41.6 Å². The van der Waals surface area contributed by atoms with Crippen molar-refractivity contribution in [2.75, 3.05) is 19.6 Å². The highest BCUT2D eigenvalue weighted by molar-refractivity contribution is 5.91. The second kappa shape index (κ2) is 7.80. The molecular formula is C18H24N2O2. The number of hydrogen-bond acceptors (Lipinski definition) is 3. The summed E-state index contributed by atoms with van der Waals surface area (Å²) in [5.74, 6) is 0.177. The van der Waals surface area contributed by atoms with E-state index in [4.69, 9.17) is 4.42 Å². The van der Waals surface area contributed by atoms with E-state index in [0.717, 1.165) is 13.1 Å². The van der Waals surface area contributed by atoms with Gasteiger partial charge in [-0.25, -0.2) is 0 Å². The largest absolute Gasteiger partial charge is 0.459 e. The maximum absolute atomic E-state index is 12.1. The number of benzene rings is 1. The maximum atomic E-state index is 12.1. The van der Waals surface area contributed by atoms with E-state index in [0.29, 0.717) is 12.3 Å². The van der Waals surface area contributed by atoms with Gasteiger partial charge < -0.3 is 9.73 Å². The summed E-state index contributed by atoms with van der Waals surface area (Å²) >= 11 is 0. The predicted octanol–water partition coefficient (Wildman–Crippen LogP) is 3.40. The molecule has 4 nitrogen and oxygen atoms in total. The fraction of sp³-hybridized carbons (Fsp3) is 0.389. The Labute approximate surface area is 132 Å². The molecule has 1 amide bonds. The van der Waals surface area contributed by atoms with Gasteiger partial charge in [0.1, 0.15) is 0 Å². The molecule has 1 heterocycles. The molecule has 1 atom stereocenters. The van der Waals surface area contributed by atoms with Crippen LogP contribution in [-0.4, -0.2) is 30.4 Å². The van der Waals surface area contributed by atoms with Crippen molar-refractivity contribution < 1.29 is 9.21 Å². The van der Waals surface area contributed by atoms with Gasteiger partial charge in [-0.2, -0.15) is 0 Å². The number of likely N-dealkylation sites (N-methyl/N-ethyl adjacent to an activating group) is 1. The van der Waals surface area contributed by atoms with Gasteiger partial charge in [0.15, 0.2) is 5.76 Å². The summed E-state index contributed by atoms with van der Waals surface area (Å²) in [6, 6.07) is 12.0. The topological polar surface area (TPSA) is 45.5 Å². The third-order valence-electron chi connectivity index (χ3n) is 3.92. The van der Waals surface area contributed by atoms with Crippen molar-refractivity contribution >= 4 is 5.91 Å². The summed E-state index contributed by atoms with van der Waals surface area (Å²) in [5.41, 5.74) is 2.45. The maximum Gasteiger partial charge on any atom is 0.287 e. The van der Waals surface area contributed by atoms with E-state index < -0.39 is 0 Å². The third-order valence-corrected chi connectivity index (χ3v) is 3.92. The Morgan fingerprint density at radius 1 is 1.18 bits per heavy atom. The zero-order chi connectivity index (χ0) is 15.9. The summed E-state index contributed by atoms with van der Waals surface area (Å²) < 4.78 is 5.14. The lowest BCUT2D eigenvalue weighted by molar-refractivity contribution is 0.0907. The van der Waals surface area contributed by atoms with Crippen molar-refractivity contribution in [1.29, 1.82) is 0 Å². The number of aryl methyl sites for hydroxylation is 1. The molecule has 0 aliphatic heterocycles. The first-order valence-electron chi connectivity index (χ1n) is 7.78. The van der Waals surface area contributed by atoms with Gasteiger partial charge in [0.2, 0.25) is 0 Å². The molecule has 0 aliphatic carbocycles. The number of hydrogen-bond donors (Lipinski definition) is 1. The first-order valence-corrected chi connectivity index (χ1v) is 7.78. The van der Waals surface area contributed by atoms with Crippen molar-refractivity contribution in [2.45, 2.75) is 26.8 Å². The van der Waals surface area contributed by atoms with Crippen LogP contribution in [0.4, 0.5) is 0 Å². The number of furan rings is 1. The van der Waals surface area contributed by atoms with Crippen molar-refractivity contribution in [3.8, 4) is 0 Å². The van der Waals surface area contributed by atoms with Crippen LogP contribution in [0.2, 0.25) is 0 Å². The Kier molecular flexibility index (Phi) is 5.78. The van der Waals surface area contributed by atoms with E-state index in [-0.39, 0.29) is 11.9 Å². The van der Waals surface area contributed by atoms with Gasteiger partial charge in [-0.05, 0) is 37.7 Å². The smallest absolute Gasteiger partial charge is 0.287 e. The van der Waals surface area contributed by atoms with Crippen LogP contribution in [0.25, 0.3) is 0 Å². The molecule has 0 spiro atoms. The zero-order valence-corrected chi connectivity index (χ0v) is 13.5. The summed E-state index contributed by atoms with van der Waals surface area (Å²) in [6.45, 7) is 8.79. The Morgan fingerprint density at radius 3 is 2.41 bits per heavy atom. The Bertz CT molecular complexity index is 572. The molecule has 1 N–H and O–H groups in total. The van der Waals surface area contributed by atoms with Gasteiger partial charge in [-0.3, -0.25) is 9.69 Å². The highest BCUT2D eigenvalue weighted by atomic mass is 16.3. The van der Waals surface area contributed by atoms with Gasteiger partial charge in [0.25, 0.3) is 5.91 Å². The molecule has 1 unspecified atom stereocenters. The zero-order valence-electron chi connectivity index (χ0n) is 13.5. The normalized spacial score (nSPS) is 12.4. The molecule has 0 saturated carbocycles. The average molecular weight is 300 g/mol. The van der Waals surface area contributed by atoms with Gasteiger partial charge in [0.05, 0.1) is 12.3 Å². The van der Waals surface area contributed by atoms with Crippen LogP contribution in [0, 0.1) is 6.92 Å². The number of nitrogens with one attached hydrogen (secondary N) is 1. The SMILES string of the molecule is CCN(CC)C(CNC(=O)c1ccco1)c1ccc(C)cc1. The summed E-state index contributed by atoms with van der Waals surface area (Å²) in [4.78, 5) is 14.4. The van der Waals surface area contributed by atoms with Crippen LogP contribution < -0.4 is 5.32 Å². The van der Waals surface area contributed by atoms with Gasteiger partial charge >= 0.3 is 0 Å². The van der Waals surface area contributed by atoms with Gasteiger partial charge in [-0.15, -0.1) is 0 Å². The second-order valence-electron chi connectivity index (χ2n) is 5.34. The molecule has 22 heavy (non-hydrogen) atoms. The van der Waals surface area contributed by atoms with Crippen molar-refractivity contribution in [3.63, 3.8) is 0 Å². The molecule has 0 bridgehead atoms. The van der Waals surface area contributed by atoms with E-state index in [1.807, 2.05) is 0 Å². The van der Waals surface area contributed by atoms with Crippen molar-refractivity contribution in [3.05, 3.63) is 59.5 Å². The highest BCUT2D eigenvalue weighted by Crippen LogP contribution is 2.20. The van der Waals surface area contributed by atoms with E-state index in [1.54, 1.807) is 12.1 Å². The summed E-state index contributed by atoms with van der Waals surface area (Å²) in [7, 11) is 0. The minimum absolute atomic E-state index is 0.162. The van der Waals surface area contributed by atoms with Crippen molar-refractivity contribution in [2.24, 2.45) is 0 Å². The molecule has 1 aromatic heterocycles. The van der Waals surface area contributed by atoms with Crippen LogP contribution >= 0.6 is 0 Å². The molecule has 1 aromatic carbocycles. The van der Waals surface area contributed by atoms with Crippen molar-refractivity contribution in [1.82, 2.24) is 10.2 Å². The van der Waals surface area contributed by atoms with Crippen LogP contribution in [0.3, 0.4) is 0 Å². The molecule has 0 saturated heterocycles. The summed E-state index contributed by atoms with van der Waals surface area (Å²) in [5, 5.41) is 2.97. The molecule has 2 rings (SSSR count). The molecule has 118 valence electrons. The van der Waals surface area contributed by atoms with E-state index >= 15 is 0 Å². The predicted molar refractivity (Wildman–Crippen MR) is 87.9 cm³/mol. The molecule has 0 radical (unpaired) electrons. The van der Waals surface area contributed by atoms with E-state index in [9.17, 15) is 4.79 Å². The average Bonchev–Trinajstić information content (AvgIpc) is 3.07. The minimum Gasteiger partial charge on any atom is -0.459 e. The first-order chi connectivity index (χ1) is 10.7. The fourth-order valence-electron chi connectivity index (χ4n) is 2.59. The Balaban J connectivity index is 2.11. The summed E-state index contributed by atoms with van der Waals surface area (Å²) in [6.07, 6.45) is 1.51. The molecule has 4 heteroatoms. The highest BCUT2D eigenvalue weighted by Gasteiger charge is 2.19. The molecular weight excluding hydrogens is 276 g/mol. The lowest BCUT2D eigenvalue weighted by Crippen LogP contribution is -2.38. The number of nitrogens with zero attached hydrogens (tertiary/aromatic N) is 1. The molecule has 0 aliphatic rings. The lowest BCUT2D eigenvalue weighted by atomic mass is 10.0. The number of carbonyl (C=O) groups excluding carboxylic acids is 1.